The average molecular weight is 233 g/mol. The Morgan fingerprint density at radius 1 is 1.41 bits per heavy atom. The smallest absolute Gasteiger partial charge is 0.335 e. The van der Waals surface area contributed by atoms with Gasteiger partial charge in [0.25, 0.3) is 0 Å². The number of hydrogen-bond acceptors (Lipinski definition) is 3. The van der Waals surface area contributed by atoms with Crippen molar-refractivity contribution in [3.63, 3.8) is 0 Å². The first-order valence-corrected chi connectivity index (χ1v) is 5.62. The van der Waals surface area contributed by atoms with Crippen LogP contribution in [0, 0.1) is 5.92 Å². The normalized spacial score (nSPS) is 19.0. The van der Waals surface area contributed by atoms with E-state index in [0.29, 0.717) is 18.4 Å². The van der Waals surface area contributed by atoms with Crippen LogP contribution in [0.2, 0.25) is 0 Å². The van der Waals surface area contributed by atoms with Crippen LogP contribution in [0.5, 0.6) is 0 Å². The monoisotopic (exact) mass is 233 g/mol. The number of aromatic carboxylic acids is 1. The van der Waals surface area contributed by atoms with Crippen LogP contribution < -0.4 is 0 Å². The molecule has 1 aromatic rings. The number of carbonyl (C=O) groups is 1. The maximum Gasteiger partial charge on any atom is 0.335 e. The maximum atomic E-state index is 10.7. The molecule has 1 aromatic carbocycles. The van der Waals surface area contributed by atoms with Crippen molar-refractivity contribution in [3.05, 3.63) is 35.4 Å². The summed E-state index contributed by atoms with van der Waals surface area (Å²) in [6.07, 6.45) is 0. The van der Waals surface area contributed by atoms with Crippen molar-refractivity contribution >= 4 is 11.9 Å². The molecule has 0 unspecified atom stereocenters. The van der Waals surface area contributed by atoms with Crippen LogP contribution in [0.25, 0.3) is 0 Å². The topological polar surface area (TPSA) is 58.9 Å². The van der Waals surface area contributed by atoms with Crippen LogP contribution in [-0.2, 0) is 4.74 Å². The van der Waals surface area contributed by atoms with Gasteiger partial charge in [-0.15, -0.1) is 0 Å². The second-order valence-corrected chi connectivity index (χ2v) is 4.44. The third-order valence-corrected chi connectivity index (χ3v) is 2.82. The molecule has 1 aliphatic heterocycles. The van der Waals surface area contributed by atoms with Crippen molar-refractivity contribution in [1.29, 1.82) is 0 Å². The molecule has 1 N–H and O–H groups in total. The summed E-state index contributed by atoms with van der Waals surface area (Å²) < 4.78 is 5.52. The summed E-state index contributed by atoms with van der Waals surface area (Å²) in [4.78, 5) is 15.2. The molecule has 1 aliphatic rings. The predicted molar refractivity (Wildman–Crippen MR) is 64.5 cm³/mol. The van der Waals surface area contributed by atoms with Gasteiger partial charge in [-0.1, -0.05) is 13.8 Å². The molecule has 4 heteroatoms. The van der Waals surface area contributed by atoms with Gasteiger partial charge in [-0.3, -0.25) is 0 Å². The molecular weight excluding hydrogens is 218 g/mol. The molecule has 90 valence electrons. The molecule has 1 atom stereocenters. The lowest BCUT2D eigenvalue weighted by Gasteiger charge is -2.06. The lowest BCUT2D eigenvalue weighted by atomic mass is 10.1. The van der Waals surface area contributed by atoms with E-state index < -0.39 is 5.97 Å². The Kier molecular flexibility index (Phi) is 3.13. The molecule has 1 heterocycles. The van der Waals surface area contributed by atoms with E-state index in [9.17, 15) is 4.79 Å². The van der Waals surface area contributed by atoms with E-state index >= 15 is 0 Å². The molecular formula is C13H15NO3. The zero-order valence-electron chi connectivity index (χ0n) is 9.88. The molecule has 0 bridgehead atoms. The Labute approximate surface area is 99.9 Å². The van der Waals surface area contributed by atoms with E-state index in [-0.39, 0.29) is 11.6 Å². The number of benzene rings is 1. The van der Waals surface area contributed by atoms with Crippen LogP contribution >= 0.6 is 0 Å². The van der Waals surface area contributed by atoms with E-state index in [4.69, 9.17) is 9.84 Å². The molecule has 0 radical (unpaired) electrons. The second kappa shape index (κ2) is 4.57. The average Bonchev–Trinajstić information content (AvgIpc) is 2.78. The van der Waals surface area contributed by atoms with Crippen molar-refractivity contribution in [2.45, 2.75) is 19.9 Å². The van der Waals surface area contributed by atoms with E-state index in [1.165, 1.54) is 0 Å². The predicted octanol–water partition coefficient (Wildman–Crippen LogP) is 2.19. The van der Waals surface area contributed by atoms with Crippen molar-refractivity contribution in [2.75, 3.05) is 6.61 Å². The third kappa shape index (κ3) is 2.46. The Morgan fingerprint density at radius 2 is 2.06 bits per heavy atom. The van der Waals surface area contributed by atoms with Gasteiger partial charge in [0.05, 0.1) is 11.6 Å². The molecule has 4 nitrogen and oxygen atoms in total. The van der Waals surface area contributed by atoms with Gasteiger partial charge in [-0.05, 0) is 30.2 Å². The summed E-state index contributed by atoms with van der Waals surface area (Å²) >= 11 is 0. The van der Waals surface area contributed by atoms with Crippen molar-refractivity contribution in [3.8, 4) is 0 Å². The summed E-state index contributed by atoms with van der Waals surface area (Å²) in [7, 11) is 0. The summed E-state index contributed by atoms with van der Waals surface area (Å²) in [5, 5.41) is 8.79. The highest BCUT2D eigenvalue weighted by Crippen LogP contribution is 2.17. The second-order valence-electron chi connectivity index (χ2n) is 4.44. The number of aliphatic imine (C=N–C) groups is 1. The minimum absolute atomic E-state index is 0.198. The van der Waals surface area contributed by atoms with Gasteiger partial charge in [0.15, 0.2) is 0 Å². The van der Waals surface area contributed by atoms with Crippen molar-refractivity contribution in [1.82, 2.24) is 0 Å². The van der Waals surface area contributed by atoms with Crippen LogP contribution in [0.3, 0.4) is 0 Å². The fourth-order valence-electron chi connectivity index (χ4n) is 1.64. The Hall–Kier alpha value is -1.84. The molecule has 0 saturated heterocycles. The third-order valence-electron chi connectivity index (χ3n) is 2.82. The highest BCUT2D eigenvalue weighted by Gasteiger charge is 2.22. The Bertz CT molecular complexity index is 448. The van der Waals surface area contributed by atoms with Crippen LogP contribution in [0.4, 0.5) is 0 Å². The molecule has 0 fully saturated rings. The first-order chi connectivity index (χ1) is 8.08. The zero-order chi connectivity index (χ0) is 12.4. The fourth-order valence-corrected chi connectivity index (χ4v) is 1.64. The van der Waals surface area contributed by atoms with Gasteiger partial charge in [0.2, 0.25) is 5.90 Å². The molecule has 0 amide bonds. The first kappa shape index (κ1) is 11.6. The molecule has 0 aliphatic carbocycles. The lowest BCUT2D eigenvalue weighted by molar-refractivity contribution is 0.0697. The first-order valence-electron chi connectivity index (χ1n) is 5.62. The molecule has 0 spiro atoms. The number of rotatable bonds is 3. The highest BCUT2D eigenvalue weighted by atomic mass is 16.5. The van der Waals surface area contributed by atoms with Gasteiger partial charge in [0.1, 0.15) is 6.61 Å². The van der Waals surface area contributed by atoms with Gasteiger partial charge < -0.3 is 9.84 Å². The molecule has 0 saturated carbocycles. The molecule has 17 heavy (non-hydrogen) atoms. The summed E-state index contributed by atoms with van der Waals surface area (Å²) in [6.45, 7) is 4.82. The SMILES string of the molecule is CC(C)[C@H]1COC(c2ccc(C(=O)O)cc2)=N1. The van der Waals surface area contributed by atoms with Crippen LogP contribution in [0.1, 0.15) is 29.8 Å². The largest absolute Gasteiger partial charge is 0.478 e. The number of ether oxygens (including phenoxy) is 1. The quantitative estimate of drug-likeness (QED) is 0.870. The van der Waals surface area contributed by atoms with Crippen molar-refractivity contribution < 1.29 is 14.6 Å². The minimum atomic E-state index is -0.925. The Balaban J connectivity index is 2.19. The number of carboxylic acids is 1. The standard InChI is InChI=1S/C13H15NO3/c1-8(2)11-7-17-12(14-11)9-3-5-10(6-4-9)13(15)16/h3-6,8,11H,7H2,1-2H3,(H,15,16)/t11-/m1/s1. The van der Waals surface area contributed by atoms with Gasteiger partial charge in [-0.2, -0.15) is 0 Å². The number of hydrogen-bond donors (Lipinski definition) is 1. The summed E-state index contributed by atoms with van der Waals surface area (Å²) in [5.41, 5.74) is 1.10. The van der Waals surface area contributed by atoms with Gasteiger partial charge >= 0.3 is 5.97 Å². The van der Waals surface area contributed by atoms with E-state index in [1.54, 1.807) is 24.3 Å². The maximum absolute atomic E-state index is 10.7. The van der Waals surface area contributed by atoms with E-state index in [1.807, 2.05) is 0 Å². The Morgan fingerprint density at radius 3 is 2.53 bits per heavy atom. The van der Waals surface area contributed by atoms with E-state index in [0.717, 1.165) is 5.56 Å². The summed E-state index contributed by atoms with van der Waals surface area (Å²) in [6, 6.07) is 6.78. The van der Waals surface area contributed by atoms with Crippen LogP contribution in [-0.4, -0.2) is 29.6 Å². The number of carboxylic acid groups (broad SMARTS) is 1. The van der Waals surface area contributed by atoms with Gasteiger partial charge in [0, 0.05) is 5.56 Å². The fraction of sp³-hybridized carbons (Fsp3) is 0.385. The molecule has 0 aromatic heterocycles. The van der Waals surface area contributed by atoms with E-state index in [2.05, 4.69) is 18.8 Å². The van der Waals surface area contributed by atoms with Gasteiger partial charge in [-0.25, -0.2) is 9.79 Å². The summed E-state index contributed by atoms with van der Waals surface area (Å²) in [5.74, 6) is 0.136. The zero-order valence-corrected chi connectivity index (χ0v) is 9.88. The van der Waals surface area contributed by atoms with Crippen LogP contribution in [0.15, 0.2) is 29.3 Å². The lowest BCUT2D eigenvalue weighted by Crippen LogP contribution is -2.13. The highest BCUT2D eigenvalue weighted by molar-refractivity contribution is 5.96. The number of nitrogens with zero attached hydrogens (tertiary/aromatic N) is 1. The molecule has 2 rings (SSSR count). The minimum Gasteiger partial charge on any atom is -0.478 e. The van der Waals surface area contributed by atoms with Crippen molar-refractivity contribution in [2.24, 2.45) is 10.9 Å².